The van der Waals surface area contributed by atoms with E-state index in [1.165, 1.54) is 0 Å². The van der Waals surface area contributed by atoms with E-state index < -0.39 is 5.97 Å². The molecule has 1 saturated heterocycles. The maximum atomic E-state index is 11.6. The Balaban J connectivity index is 1.72. The number of hydrogen-bond donors (Lipinski definition) is 2. The number of carbonyl (C=O) groups is 2. The van der Waals surface area contributed by atoms with Crippen LogP contribution in [0.25, 0.3) is 0 Å². The van der Waals surface area contributed by atoms with Gasteiger partial charge in [0.15, 0.2) is 0 Å². The van der Waals surface area contributed by atoms with Gasteiger partial charge in [-0.3, -0.25) is 14.5 Å². The maximum Gasteiger partial charge on any atom is 0.306 e. The van der Waals surface area contributed by atoms with Crippen molar-refractivity contribution in [3.8, 4) is 0 Å². The first-order valence-corrected chi connectivity index (χ1v) is 5.98. The van der Waals surface area contributed by atoms with Crippen LogP contribution >= 0.6 is 0 Å². The molecule has 2 rings (SSSR count). The summed E-state index contributed by atoms with van der Waals surface area (Å²) < 4.78 is 5.34. The van der Waals surface area contributed by atoms with Gasteiger partial charge in [-0.2, -0.15) is 0 Å². The molecular formula is C11H18N2O4. The highest BCUT2D eigenvalue weighted by atomic mass is 16.5. The number of carboxylic acid groups (broad SMARTS) is 1. The van der Waals surface area contributed by atoms with E-state index in [1.807, 2.05) is 4.90 Å². The molecule has 1 aliphatic heterocycles. The van der Waals surface area contributed by atoms with Crippen LogP contribution in [0.3, 0.4) is 0 Å². The normalized spacial score (nSPS) is 25.5. The lowest BCUT2D eigenvalue weighted by Gasteiger charge is -2.31. The van der Waals surface area contributed by atoms with Gasteiger partial charge in [0.2, 0.25) is 5.91 Å². The van der Waals surface area contributed by atoms with Crippen molar-refractivity contribution >= 4 is 11.9 Å². The van der Waals surface area contributed by atoms with Gasteiger partial charge in [0.1, 0.15) is 0 Å². The number of amides is 1. The van der Waals surface area contributed by atoms with Crippen molar-refractivity contribution in [2.75, 3.05) is 26.2 Å². The molecule has 1 heterocycles. The lowest BCUT2D eigenvalue weighted by atomic mass is 10.2. The predicted molar refractivity (Wildman–Crippen MR) is 59.6 cm³/mol. The van der Waals surface area contributed by atoms with E-state index in [-0.39, 0.29) is 18.4 Å². The Hall–Kier alpha value is -1.14. The van der Waals surface area contributed by atoms with Crippen LogP contribution < -0.4 is 5.32 Å². The van der Waals surface area contributed by atoms with Gasteiger partial charge in [-0.1, -0.05) is 0 Å². The molecule has 2 aliphatic rings. The van der Waals surface area contributed by atoms with Gasteiger partial charge < -0.3 is 15.2 Å². The SMILES string of the molecule is O=C(O)CC1CN(CC(=O)NC2CC2)CCO1. The molecule has 1 unspecified atom stereocenters. The second kappa shape index (κ2) is 5.46. The standard InChI is InChI=1S/C11H18N2O4/c14-10(12-8-1-2-8)7-13-3-4-17-9(6-13)5-11(15)16/h8-9H,1-7H2,(H,12,14)(H,15,16). The smallest absolute Gasteiger partial charge is 0.306 e. The van der Waals surface area contributed by atoms with Crippen molar-refractivity contribution in [3.63, 3.8) is 0 Å². The molecule has 0 aromatic carbocycles. The fourth-order valence-electron chi connectivity index (χ4n) is 1.95. The van der Waals surface area contributed by atoms with Gasteiger partial charge in [-0.15, -0.1) is 0 Å². The third-order valence-corrected chi connectivity index (χ3v) is 2.93. The van der Waals surface area contributed by atoms with Crippen LogP contribution in [0, 0.1) is 0 Å². The number of nitrogens with zero attached hydrogens (tertiary/aromatic N) is 1. The largest absolute Gasteiger partial charge is 0.481 e. The average Bonchev–Trinajstić information content (AvgIpc) is 3.00. The zero-order valence-corrected chi connectivity index (χ0v) is 9.72. The highest BCUT2D eigenvalue weighted by Gasteiger charge is 2.27. The summed E-state index contributed by atoms with van der Waals surface area (Å²) in [6, 6.07) is 0.373. The molecule has 17 heavy (non-hydrogen) atoms. The average molecular weight is 242 g/mol. The zero-order chi connectivity index (χ0) is 12.3. The maximum absolute atomic E-state index is 11.6. The van der Waals surface area contributed by atoms with Crippen molar-refractivity contribution in [1.82, 2.24) is 10.2 Å². The molecule has 2 N–H and O–H groups in total. The third-order valence-electron chi connectivity index (χ3n) is 2.93. The summed E-state index contributed by atoms with van der Waals surface area (Å²) >= 11 is 0. The molecular weight excluding hydrogens is 224 g/mol. The van der Waals surface area contributed by atoms with Gasteiger partial charge in [0.25, 0.3) is 0 Å². The van der Waals surface area contributed by atoms with Crippen LogP contribution in [0.1, 0.15) is 19.3 Å². The van der Waals surface area contributed by atoms with E-state index >= 15 is 0 Å². The quantitative estimate of drug-likeness (QED) is 0.675. The van der Waals surface area contributed by atoms with Gasteiger partial charge in [-0.25, -0.2) is 0 Å². The summed E-state index contributed by atoms with van der Waals surface area (Å²) in [7, 11) is 0. The van der Waals surface area contributed by atoms with E-state index in [0.29, 0.717) is 32.3 Å². The van der Waals surface area contributed by atoms with E-state index in [4.69, 9.17) is 9.84 Å². The molecule has 96 valence electrons. The minimum absolute atomic E-state index is 0.000738. The summed E-state index contributed by atoms with van der Waals surface area (Å²) in [6.07, 6.45) is 1.86. The molecule has 0 aromatic heterocycles. The zero-order valence-electron chi connectivity index (χ0n) is 9.72. The molecule has 0 bridgehead atoms. The van der Waals surface area contributed by atoms with Crippen molar-refractivity contribution in [2.24, 2.45) is 0 Å². The molecule has 1 aliphatic carbocycles. The summed E-state index contributed by atoms with van der Waals surface area (Å²) in [6.45, 7) is 2.04. The highest BCUT2D eigenvalue weighted by molar-refractivity contribution is 5.78. The Labute approximate surface area is 99.9 Å². The van der Waals surface area contributed by atoms with Gasteiger partial charge >= 0.3 is 5.97 Å². The number of hydrogen-bond acceptors (Lipinski definition) is 4. The Kier molecular flexibility index (Phi) is 3.96. The van der Waals surface area contributed by atoms with Crippen molar-refractivity contribution < 1.29 is 19.4 Å². The van der Waals surface area contributed by atoms with Crippen molar-refractivity contribution in [3.05, 3.63) is 0 Å². The fraction of sp³-hybridized carbons (Fsp3) is 0.818. The first-order valence-electron chi connectivity index (χ1n) is 5.98. The van der Waals surface area contributed by atoms with E-state index in [9.17, 15) is 9.59 Å². The molecule has 0 aromatic rings. The minimum Gasteiger partial charge on any atom is -0.481 e. The molecule has 1 amide bonds. The number of ether oxygens (including phenoxy) is 1. The molecule has 2 fully saturated rings. The molecule has 6 nitrogen and oxygen atoms in total. The number of aliphatic carboxylic acids is 1. The first kappa shape index (κ1) is 12.3. The number of carboxylic acids is 1. The van der Waals surface area contributed by atoms with Crippen molar-refractivity contribution in [2.45, 2.75) is 31.4 Å². The Morgan fingerprint density at radius 1 is 1.41 bits per heavy atom. The highest BCUT2D eigenvalue weighted by Crippen LogP contribution is 2.18. The first-order chi connectivity index (χ1) is 8.13. The van der Waals surface area contributed by atoms with Gasteiger partial charge in [0, 0.05) is 19.1 Å². The lowest BCUT2D eigenvalue weighted by Crippen LogP contribution is -2.47. The molecule has 1 saturated carbocycles. The van der Waals surface area contributed by atoms with Gasteiger partial charge in [-0.05, 0) is 12.8 Å². The predicted octanol–water partition coefficient (Wildman–Crippen LogP) is -0.559. The summed E-state index contributed by atoms with van der Waals surface area (Å²) in [5.41, 5.74) is 0. The molecule has 6 heteroatoms. The minimum atomic E-state index is -0.862. The summed E-state index contributed by atoms with van der Waals surface area (Å²) in [4.78, 5) is 24.1. The summed E-state index contributed by atoms with van der Waals surface area (Å²) in [5, 5.41) is 11.6. The van der Waals surface area contributed by atoms with Crippen LogP contribution in [0.4, 0.5) is 0 Å². The summed E-state index contributed by atoms with van der Waals surface area (Å²) in [5.74, 6) is -0.831. The second-order valence-corrected chi connectivity index (χ2v) is 4.67. The van der Waals surface area contributed by atoms with Crippen LogP contribution in [0.5, 0.6) is 0 Å². The second-order valence-electron chi connectivity index (χ2n) is 4.67. The van der Waals surface area contributed by atoms with E-state index in [1.54, 1.807) is 0 Å². The van der Waals surface area contributed by atoms with Crippen LogP contribution in [-0.4, -0.2) is 60.3 Å². The number of morpholine rings is 1. The van der Waals surface area contributed by atoms with Gasteiger partial charge in [0.05, 0.1) is 25.7 Å². The van der Waals surface area contributed by atoms with Crippen LogP contribution in [0.15, 0.2) is 0 Å². The number of nitrogens with one attached hydrogen (secondary N) is 1. The van der Waals surface area contributed by atoms with E-state index in [2.05, 4.69) is 5.32 Å². The molecule has 1 atom stereocenters. The topological polar surface area (TPSA) is 78.9 Å². The Bertz CT molecular complexity index is 304. The lowest BCUT2D eigenvalue weighted by molar-refractivity contribution is -0.142. The monoisotopic (exact) mass is 242 g/mol. The van der Waals surface area contributed by atoms with Crippen molar-refractivity contribution in [1.29, 1.82) is 0 Å². The Morgan fingerprint density at radius 3 is 2.82 bits per heavy atom. The van der Waals surface area contributed by atoms with E-state index in [0.717, 1.165) is 12.8 Å². The molecule has 0 radical (unpaired) electrons. The Morgan fingerprint density at radius 2 is 2.18 bits per heavy atom. The van der Waals surface area contributed by atoms with Crippen LogP contribution in [0.2, 0.25) is 0 Å². The molecule has 0 spiro atoms. The number of carbonyl (C=O) groups excluding carboxylic acids is 1. The fourth-order valence-corrected chi connectivity index (χ4v) is 1.95. The van der Waals surface area contributed by atoms with Crippen LogP contribution in [-0.2, 0) is 14.3 Å². The number of rotatable bonds is 5. The third kappa shape index (κ3) is 4.32.